The highest BCUT2D eigenvalue weighted by molar-refractivity contribution is 7.17. The van der Waals surface area contributed by atoms with Crippen molar-refractivity contribution in [1.29, 1.82) is 0 Å². The predicted molar refractivity (Wildman–Crippen MR) is 74.1 cm³/mol. The number of carboxylic acid groups (broad SMARTS) is 1. The maximum Gasteiger partial charge on any atom is 0.356 e. The number of thiazole rings is 1. The van der Waals surface area contributed by atoms with E-state index in [4.69, 9.17) is 5.11 Å². The number of hydrogen-bond donors (Lipinski definition) is 2. The van der Waals surface area contributed by atoms with E-state index in [-0.39, 0.29) is 16.4 Å². The highest BCUT2D eigenvalue weighted by Crippen LogP contribution is 2.27. The van der Waals surface area contributed by atoms with Crippen molar-refractivity contribution in [3.63, 3.8) is 0 Å². The molecule has 0 bridgehead atoms. The summed E-state index contributed by atoms with van der Waals surface area (Å²) in [6, 6.07) is 0. The molecule has 1 heterocycles. The van der Waals surface area contributed by atoms with Crippen molar-refractivity contribution < 1.29 is 14.7 Å². The lowest BCUT2D eigenvalue weighted by Crippen LogP contribution is -2.17. The Balaban J connectivity index is 2.02. The molecule has 0 spiro atoms. The second-order valence-electron chi connectivity index (χ2n) is 4.94. The van der Waals surface area contributed by atoms with Crippen molar-refractivity contribution in [1.82, 2.24) is 4.98 Å². The Hall–Kier alpha value is -1.43. The maximum absolute atomic E-state index is 11.4. The fourth-order valence-electron chi connectivity index (χ4n) is 2.40. The average molecular weight is 282 g/mol. The first-order valence-corrected chi connectivity index (χ1v) is 7.38. The summed E-state index contributed by atoms with van der Waals surface area (Å²) in [5.41, 5.74) is -0.136. The van der Waals surface area contributed by atoms with Crippen molar-refractivity contribution in [2.24, 2.45) is 5.92 Å². The van der Waals surface area contributed by atoms with Crippen LogP contribution in [-0.4, -0.2) is 28.4 Å². The van der Waals surface area contributed by atoms with Gasteiger partial charge in [0.15, 0.2) is 16.6 Å². The van der Waals surface area contributed by atoms with Gasteiger partial charge in [-0.05, 0) is 18.8 Å². The van der Waals surface area contributed by atoms with E-state index in [1.165, 1.54) is 39.0 Å². The summed E-state index contributed by atoms with van der Waals surface area (Å²) < 4.78 is 0. The Bertz CT molecular complexity index is 447. The summed E-state index contributed by atoms with van der Waals surface area (Å²) in [6.07, 6.45) is 6.27. The van der Waals surface area contributed by atoms with Gasteiger partial charge < -0.3 is 10.4 Å². The standard InChI is InChI=1S/C13H18N2O3S/c1-8(16)11-10(12(17)18)15-13(19-11)14-7-9-5-3-2-4-6-9/h9H,2-7H2,1H3,(H,14,15)(H,17,18). The van der Waals surface area contributed by atoms with Gasteiger partial charge in [-0.25, -0.2) is 9.78 Å². The van der Waals surface area contributed by atoms with Gasteiger partial charge in [0.25, 0.3) is 0 Å². The monoisotopic (exact) mass is 282 g/mol. The molecule has 1 fully saturated rings. The Morgan fingerprint density at radius 1 is 1.37 bits per heavy atom. The minimum Gasteiger partial charge on any atom is -0.476 e. The highest BCUT2D eigenvalue weighted by Gasteiger charge is 2.21. The summed E-state index contributed by atoms with van der Waals surface area (Å²) in [7, 11) is 0. The highest BCUT2D eigenvalue weighted by atomic mass is 32.1. The summed E-state index contributed by atoms with van der Waals surface area (Å²) >= 11 is 1.13. The Morgan fingerprint density at radius 2 is 2.05 bits per heavy atom. The molecule has 104 valence electrons. The van der Waals surface area contributed by atoms with Crippen LogP contribution in [0.3, 0.4) is 0 Å². The molecular weight excluding hydrogens is 264 g/mol. The van der Waals surface area contributed by atoms with Gasteiger partial charge in [-0.2, -0.15) is 0 Å². The SMILES string of the molecule is CC(=O)c1sc(NCC2CCCCC2)nc1C(=O)O. The van der Waals surface area contributed by atoms with E-state index in [9.17, 15) is 9.59 Å². The van der Waals surface area contributed by atoms with Gasteiger partial charge in [0.1, 0.15) is 4.88 Å². The second-order valence-corrected chi connectivity index (χ2v) is 5.94. The molecule has 0 radical (unpaired) electrons. The van der Waals surface area contributed by atoms with Crippen molar-refractivity contribution in [2.75, 3.05) is 11.9 Å². The molecule has 1 aliphatic rings. The van der Waals surface area contributed by atoms with Gasteiger partial charge in [-0.15, -0.1) is 0 Å². The molecule has 5 nitrogen and oxygen atoms in total. The zero-order valence-corrected chi connectivity index (χ0v) is 11.8. The third-order valence-electron chi connectivity index (χ3n) is 3.42. The zero-order chi connectivity index (χ0) is 13.8. The number of nitrogens with one attached hydrogen (secondary N) is 1. The van der Waals surface area contributed by atoms with E-state index in [1.54, 1.807) is 0 Å². The van der Waals surface area contributed by atoms with Crippen LogP contribution in [0.5, 0.6) is 0 Å². The number of ketones is 1. The van der Waals surface area contributed by atoms with Crippen LogP contribution in [0.4, 0.5) is 5.13 Å². The van der Waals surface area contributed by atoms with Crippen LogP contribution in [0.2, 0.25) is 0 Å². The zero-order valence-electron chi connectivity index (χ0n) is 10.9. The Kier molecular flexibility index (Phi) is 4.52. The first kappa shape index (κ1) is 14.0. The number of nitrogens with zero attached hydrogens (tertiary/aromatic N) is 1. The van der Waals surface area contributed by atoms with E-state index in [0.29, 0.717) is 11.0 Å². The summed E-state index contributed by atoms with van der Waals surface area (Å²) in [5.74, 6) is -0.764. The molecule has 1 aromatic heterocycles. The smallest absolute Gasteiger partial charge is 0.356 e. The van der Waals surface area contributed by atoms with Gasteiger partial charge in [-0.1, -0.05) is 30.6 Å². The van der Waals surface area contributed by atoms with Crippen LogP contribution < -0.4 is 5.32 Å². The number of rotatable bonds is 5. The van der Waals surface area contributed by atoms with Gasteiger partial charge in [0.2, 0.25) is 0 Å². The molecule has 2 N–H and O–H groups in total. The summed E-state index contributed by atoms with van der Waals surface area (Å²) in [5, 5.41) is 12.7. The largest absolute Gasteiger partial charge is 0.476 e. The van der Waals surface area contributed by atoms with Gasteiger partial charge in [0, 0.05) is 13.5 Å². The number of carboxylic acids is 1. The van der Waals surface area contributed by atoms with Crippen LogP contribution in [0.1, 0.15) is 59.2 Å². The first-order valence-electron chi connectivity index (χ1n) is 6.57. The molecule has 0 unspecified atom stereocenters. The van der Waals surface area contributed by atoms with E-state index < -0.39 is 5.97 Å². The van der Waals surface area contributed by atoms with Crippen LogP contribution in [0.15, 0.2) is 0 Å². The van der Waals surface area contributed by atoms with Gasteiger partial charge >= 0.3 is 5.97 Å². The second kappa shape index (κ2) is 6.14. The topological polar surface area (TPSA) is 79.3 Å². The molecule has 0 aromatic carbocycles. The number of Topliss-reactive ketones (excluding diaryl/α,β-unsaturated/α-hetero) is 1. The molecule has 0 saturated heterocycles. The van der Waals surface area contributed by atoms with E-state index in [2.05, 4.69) is 10.3 Å². The van der Waals surface area contributed by atoms with E-state index >= 15 is 0 Å². The predicted octanol–water partition coefficient (Wildman–Crippen LogP) is 3.04. The third kappa shape index (κ3) is 3.53. The molecule has 0 atom stereocenters. The average Bonchev–Trinajstić information content (AvgIpc) is 2.82. The quantitative estimate of drug-likeness (QED) is 0.811. The molecule has 1 saturated carbocycles. The first-order chi connectivity index (χ1) is 9.08. The molecule has 19 heavy (non-hydrogen) atoms. The summed E-state index contributed by atoms with van der Waals surface area (Å²) in [6.45, 7) is 2.18. The Morgan fingerprint density at radius 3 is 2.58 bits per heavy atom. The van der Waals surface area contributed by atoms with Gasteiger partial charge in [0.05, 0.1) is 0 Å². The van der Waals surface area contributed by atoms with E-state index in [1.807, 2.05) is 0 Å². The van der Waals surface area contributed by atoms with Crippen molar-refractivity contribution in [3.8, 4) is 0 Å². The van der Waals surface area contributed by atoms with Crippen molar-refractivity contribution in [3.05, 3.63) is 10.6 Å². The maximum atomic E-state index is 11.4. The molecule has 0 aliphatic heterocycles. The fraction of sp³-hybridized carbons (Fsp3) is 0.615. The minimum atomic E-state index is -1.15. The number of aromatic nitrogens is 1. The molecule has 1 aromatic rings. The number of aromatic carboxylic acids is 1. The molecule has 6 heteroatoms. The number of hydrogen-bond acceptors (Lipinski definition) is 5. The van der Waals surface area contributed by atoms with Crippen LogP contribution in [-0.2, 0) is 0 Å². The normalized spacial score (nSPS) is 16.3. The number of anilines is 1. The molecule has 1 aliphatic carbocycles. The van der Waals surface area contributed by atoms with Crippen LogP contribution in [0, 0.1) is 5.92 Å². The minimum absolute atomic E-state index is 0.136. The molecular formula is C13H18N2O3S. The number of carbonyl (C=O) groups is 2. The Labute approximate surface area is 116 Å². The molecule has 0 amide bonds. The molecule has 2 rings (SSSR count). The van der Waals surface area contributed by atoms with Crippen LogP contribution >= 0.6 is 11.3 Å². The van der Waals surface area contributed by atoms with Crippen LogP contribution in [0.25, 0.3) is 0 Å². The third-order valence-corrected chi connectivity index (χ3v) is 4.53. The number of carbonyl (C=O) groups excluding carboxylic acids is 1. The van der Waals surface area contributed by atoms with Gasteiger partial charge in [-0.3, -0.25) is 4.79 Å². The lowest BCUT2D eigenvalue weighted by Gasteiger charge is -2.21. The van der Waals surface area contributed by atoms with Crippen molar-refractivity contribution >= 4 is 28.2 Å². The van der Waals surface area contributed by atoms with E-state index in [0.717, 1.165) is 17.9 Å². The summed E-state index contributed by atoms with van der Waals surface area (Å²) in [4.78, 5) is 26.6. The lowest BCUT2D eigenvalue weighted by atomic mass is 9.89. The lowest BCUT2D eigenvalue weighted by molar-refractivity contribution is 0.0687. The van der Waals surface area contributed by atoms with Crippen molar-refractivity contribution in [2.45, 2.75) is 39.0 Å². The fourth-order valence-corrected chi connectivity index (χ4v) is 3.26.